The molecule has 1 heterocycles. The maximum atomic E-state index is 9.55. The summed E-state index contributed by atoms with van der Waals surface area (Å²) < 4.78 is 5.72. The van der Waals surface area contributed by atoms with E-state index in [0.717, 1.165) is 28.9 Å². The molecule has 0 radical (unpaired) electrons. The van der Waals surface area contributed by atoms with Gasteiger partial charge in [0.25, 0.3) is 0 Å². The first-order valence-corrected chi connectivity index (χ1v) is 6.23. The number of allylic oxidation sites excluding steroid dienone is 3. The van der Waals surface area contributed by atoms with E-state index in [-0.39, 0.29) is 0 Å². The summed E-state index contributed by atoms with van der Waals surface area (Å²) in [5.41, 5.74) is 1.68. The van der Waals surface area contributed by atoms with E-state index in [1.165, 1.54) is 0 Å². The highest BCUT2D eigenvalue weighted by atomic mass is 16.5. The van der Waals surface area contributed by atoms with Gasteiger partial charge in [-0.25, -0.2) is 0 Å². The molecule has 0 aromatic heterocycles. The molecule has 1 aliphatic carbocycles. The molecule has 0 N–H and O–H groups in total. The van der Waals surface area contributed by atoms with Gasteiger partial charge in [0.2, 0.25) is 0 Å². The molecule has 0 unspecified atom stereocenters. The Morgan fingerprint density at radius 1 is 1.11 bits per heavy atom. The monoisotopic (exact) mass is 248 g/mol. The van der Waals surface area contributed by atoms with Crippen molar-refractivity contribution in [2.24, 2.45) is 5.41 Å². The summed E-state index contributed by atoms with van der Waals surface area (Å²) in [6, 6.07) is 12.1. The molecule has 0 spiro atoms. The molecule has 1 aromatic rings. The third-order valence-corrected chi connectivity index (χ3v) is 3.68. The van der Waals surface area contributed by atoms with Gasteiger partial charge in [-0.15, -0.1) is 0 Å². The first-order chi connectivity index (χ1) is 9.30. The molecule has 1 aliphatic heterocycles. The molecule has 0 amide bonds. The molecule has 19 heavy (non-hydrogen) atoms. The Balaban J connectivity index is 2.29. The van der Waals surface area contributed by atoms with Gasteiger partial charge in [0, 0.05) is 17.6 Å². The number of benzene rings is 1. The van der Waals surface area contributed by atoms with Crippen LogP contribution in [0.3, 0.4) is 0 Å². The minimum Gasteiger partial charge on any atom is -0.489 e. The quantitative estimate of drug-likeness (QED) is 0.662. The van der Waals surface area contributed by atoms with Crippen molar-refractivity contribution in [1.82, 2.24) is 0 Å². The lowest BCUT2D eigenvalue weighted by Gasteiger charge is -2.29. The smallest absolute Gasteiger partial charge is 0.172 e. The summed E-state index contributed by atoms with van der Waals surface area (Å²) in [4.78, 5) is 0. The number of ether oxygens (including phenoxy) is 1. The third kappa shape index (κ3) is 1.63. The van der Waals surface area contributed by atoms with Crippen LogP contribution in [0.2, 0.25) is 0 Å². The molecular weight excluding hydrogens is 236 g/mol. The minimum atomic E-state index is -1.10. The lowest BCUT2D eigenvalue weighted by atomic mass is 9.74. The van der Waals surface area contributed by atoms with Crippen LogP contribution in [0.4, 0.5) is 0 Å². The number of rotatable bonds is 0. The first kappa shape index (κ1) is 11.6. The standard InChI is InChI=1S/C16H12N2O/c17-10-16(11-18)8-4-3-5-12-9-19-14-7-2-1-6-13(14)15(12)16/h1-4,6-7H,5,8-9H2. The van der Waals surface area contributed by atoms with Crippen molar-refractivity contribution < 1.29 is 4.74 Å². The lowest BCUT2D eigenvalue weighted by molar-refractivity contribution is 0.341. The Labute approximate surface area is 112 Å². The van der Waals surface area contributed by atoms with Crippen molar-refractivity contribution in [3.8, 4) is 17.9 Å². The van der Waals surface area contributed by atoms with E-state index in [0.29, 0.717) is 13.0 Å². The zero-order chi connectivity index (χ0) is 13.3. The minimum absolute atomic E-state index is 0.438. The van der Waals surface area contributed by atoms with Crippen molar-refractivity contribution in [2.45, 2.75) is 12.8 Å². The Kier molecular flexibility index (Phi) is 2.62. The Bertz CT molecular complexity index is 657. The van der Waals surface area contributed by atoms with Crippen LogP contribution in [0.1, 0.15) is 18.4 Å². The number of para-hydroxylation sites is 1. The summed E-state index contributed by atoms with van der Waals surface area (Å²) in [5.74, 6) is 0.762. The number of nitriles is 2. The van der Waals surface area contributed by atoms with Gasteiger partial charge >= 0.3 is 0 Å². The zero-order valence-electron chi connectivity index (χ0n) is 10.4. The summed E-state index contributed by atoms with van der Waals surface area (Å²) in [5, 5.41) is 19.1. The Hall–Kier alpha value is -2.52. The molecule has 0 saturated carbocycles. The fourth-order valence-corrected chi connectivity index (χ4v) is 2.74. The van der Waals surface area contributed by atoms with E-state index in [9.17, 15) is 10.5 Å². The van der Waals surface area contributed by atoms with Crippen LogP contribution in [0.15, 0.2) is 42.0 Å². The Morgan fingerprint density at radius 2 is 1.89 bits per heavy atom. The second kappa shape index (κ2) is 4.30. The molecule has 0 fully saturated rings. The molecule has 0 saturated heterocycles. The highest BCUT2D eigenvalue weighted by molar-refractivity contribution is 5.83. The van der Waals surface area contributed by atoms with Crippen molar-refractivity contribution in [3.05, 3.63) is 47.6 Å². The van der Waals surface area contributed by atoms with Gasteiger partial charge in [-0.05, 0) is 18.1 Å². The van der Waals surface area contributed by atoms with Crippen molar-refractivity contribution in [2.75, 3.05) is 6.61 Å². The normalized spacial score (nSPS) is 19.3. The number of fused-ring (bicyclic) bond motifs is 2. The predicted molar refractivity (Wildman–Crippen MR) is 70.9 cm³/mol. The second-order valence-corrected chi connectivity index (χ2v) is 4.77. The number of hydrogen-bond acceptors (Lipinski definition) is 3. The van der Waals surface area contributed by atoms with Crippen molar-refractivity contribution in [1.29, 1.82) is 10.5 Å². The summed E-state index contributed by atoms with van der Waals surface area (Å²) >= 11 is 0. The lowest BCUT2D eigenvalue weighted by Crippen LogP contribution is -2.23. The van der Waals surface area contributed by atoms with E-state index in [1.807, 2.05) is 36.4 Å². The Morgan fingerprint density at radius 3 is 2.68 bits per heavy atom. The van der Waals surface area contributed by atoms with Gasteiger partial charge in [-0.1, -0.05) is 30.4 Å². The third-order valence-electron chi connectivity index (χ3n) is 3.68. The zero-order valence-corrected chi connectivity index (χ0v) is 10.4. The van der Waals surface area contributed by atoms with Crippen LogP contribution in [0.5, 0.6) is 5.75 Å². The van der Waals surface area contributed by atoms with Gasteiger partial charge < -0.3 is 4.74 Å². The average molecular weight is 248 g/mol. The van der Waals surface area contributed by atoms with Gasteiger partial charge in [0.1, 0.15) is 12.4 Å². The summed E-state index contributed by atoms with van der Waals surface area (Å²) in [7, 11) is 0. The molecule has 3 rings (SSSR count). The topological polar surface area (TPSA) is 56.8 Å². The number of hydrogen-bond donors (Lipinski definition) is 0. The van der Waals surface area contributed by atoms with E-state index < -0.39 is 5.41 Å². The van der Waals surface area contributed by atoms with Crippen LogP contribution in [-0.2, 0) is 0 Å². The maximum Gasteiger partial charge on any atom is 0.172 e. The molecule has 3 nitrogen and oxygen atoms in total. The van der Waals surface area contributed by atoms with E-state index in [1.54, 1.807) is 0 Å². The second-order valence-electron chi connectivity index (χ2n) is 4.77. The molecule has 2 aliphatic rings. The van der Waals surface area contributed by atoms with Gasteiger partial charge in [0.05, 0.1) is 12.1 Å². The summed E-state index contributed by atoms with van der Waals surface area (Å²) in [6.07, 6.45) is 5.12. The SMILES string of the molecule is N#CC1(C#N)CC=CCC2=C1c1ccccc1OC2. The highest BCUT2D eigenvalue weighted by Gasteiger charge is 2.40. The molecule has 0 atom stereocenters. The van der Waals surface area contributed by atoms with Crippen LogP contribution in [0, 0.1) is 28.1 Å². The average Bonchev–Trinajstić information content (AvgIpc) is 2.67. The molecular formula is C16H12N2O. The molecule has 1 aromatic carbocycles. The van der Waals surface area contributed by atoms with Crippen molar-refractivity contribution in [3.63, 3.8) is 0 Å². The first-order valence-electron chi connectivity index (χ1n) is 6.23. The fraction of sp³-hybridized carbons (Fsp3) is 0.250. The van der Waals surface area contributed by atoms with Crippen LogP contribution >= 0.6 is 0 Å². The van der Waals surface area contributed by atoms with Gasteiger partial charge in [-0.3, -0.25) is 0 Å². The predicted octanol–water partition coefficient (Wildman–Crippen LogP) is 3.22. The number of nitrogens with zero attached hydrogens (tertiary/aromatic N) is 2. The van der Waals surface area contributed by atoms with Gasteiger partial charge in [-0.2, -0.15) is 10.5 Å². The largest absolute Gasteiger partial charge is 0.489 e. The van der Waals surface area contributed by atoms with E-state index in [4.69, 9.17) is 4.74 Å². The molecule has 92 valence electrons. The molecule has 3 heteroatoms. The maximum absolute atomic E-state index is 9.55. The van der Waals surface area contributed by atoms with Gasteiger partial charge in [0.15, 0.2) is 5.41 Å². The summed E-state index contributed by atoms with van der Waals surface area (Å²) in [6.45, 7) is 0.460. The van der Waals surface area contributed by atoms with Crippen molar-refractivity contribution >= 4 is 5.57 Å². The molecule has 0 bridgehead atoms. The fourth-order valence-electron chi connectivity index (χ4n) is 2.74. The van der Waals surface area contributed by atoms with E-state index in [2.05, 4.69) is 12.1 Å². The van der Waals surface area contributed by atoms with E-state index >= 15 is 0 Å². The van der Waals surface area contributed by atoms with Crippen LogP contribution in [0.25, 0.3) is 5.57 Å². The highest BCUT2D eigenvalue weighted by Crippen LogP contribution is 2.47. The van der Waals surface area contributed by atoms with Crippen LogP contribution in [-0.4, -0.2) is 6.61 Å². The van der Waals surface area contributed by atoms with Crippen LogP contribution < -0.4 is 4.74 Å².